The molecule has 1 N–H and O–H groups in total. The summed E-state index contributed by atoms with van der Waals surface area (Å²) in [5, 5.41) is 2.87. The number of likely N-dealkylation sites (tertiary alicyclic amines) is 1. The van der Waals surface area contributed by atoms with Crippen LogP contribution >= 0.6 is 0 Å². The number of halogens is 1. The molecule has 9 nitrogen and oxygen atoms in total. The lowest BCUT2D eigenvalue weighted by molar-refractivity contribution is -0.128. The molecule has 1 atom stereocenters. The molecule has 3 amide bonds. The molecular formula is C24H29FN4O5. The SMILES string of the molecule is CN(C)CCNC(=O)[C@@H]1COC2(CCN(C(=O)c3ccccc3F)CC2)N1C(=O)c1ccco1. The molecule has 10 heteroatoms. The summed E-state index contributed by atoms with van der Waals surface area (Å²) in [5.41, 5.74) is -1.05. The Morgan fingerprint density at radius 2 is 1.85 bits per heavy atom. The minimum atomic E-state index is -1.06. The van der Waals surface area contributed by atoms with Gasteiger partial charge in [0.05, 0.1) is 18.4 Å². The molecule has 0 saturated carbocycles. The molecule has 2 aliphatic rings. The van der Waals surface area contributed by atoms with E-state index in [1.165, 1.54) is 29.4 Å². The molecule has 182 valence electrons. The zero-order chi connectivity index (χ0) is 24.3. The number of nitrogens with one attached hydrogen (secondary N) is 1. The molecule has 0 aliphatic carbocycles. The van der Waals surface area contributed by atoms with Gasteiger partial charge >= 0.3 is 0 Å². The summed E-state index contributed by atoms with van der Waals surface area (Å²) < 4.78 is 25.6. The third-order valence-electron chi connectivity index (χ3n) is 6.31. The summed E-state index contributed by atoms with van der Waals surface area (Å²) in [6, 6.07) is 8.19. The van der Waals surface area contributed by atoms with Crippen LogP contribution in [0.25, 0.3) is 0 Å². The predicted molar refractivity (Wildman–Crippen MR) is 120 cm³/mol. The van der Waals surface area contributed by atoms with Gasteiger partial charge in [0, 0.05) is 39.0 Å². The van der Waals surface area contributed by atoms with E-state index in [4.69, 9.17) is 9.15 Å². The van der Waals surface area contributed by atoms with Crippen molar-refractivity contribution >= 4 is 17.7 Å². The number of piperidine rings is 1. The first-order valence-electron chi connectivity index (χ1n) is 11.3. The largest absolute Gasteiger partial charge is 0.459 e. The normalized spacial score (nSPS) is 19.6. The topological polar surface area (TPSA) is 95.3 Å². The first-order chi connectivity index (χ1) is 16.3. The summed E-state index contributed by atoms with van der Waals surface area (Å²) >= 11 is 0. The highest BCUT2D eigenvalue weighted by molar-refractivity contribution is 5.97. The molecule has 4 rings (SSSR count). The number of likely N-dealkylation sites (N-methyl/N-ethyl adjacent to an activating group) is 1. The number of benzene rings is 1. The van der Waals surface area contributed by atoms with Gasteiger partial charge in [-0.2, -0.15) is 0 Å². The highest BCUT2D eigenvalue weighted by Gasteiger charge is 2.54. The maximum absolute atomic E-state index is 14.1. The molecule has 0 radical (unpaired) electrons. The van der Waals surface area contributed by atoms with Crippen LogP contribution in [0.15, 0.2) is 47.1 Å². The lowest BCUT2D eigenvalue weighted by Gasteiger charge is -2.44. The second-order valence-electron chi connectivity index (χ2n) is 8.79. The highest BCUT2D eigenvalue weighted by atomic mass is 19.1. The molecule has 0 unspecified atom stereocenters. The van der Waals surface area contributed by atoms with Crippen molar-refractivity contribution in [3.05, 3.63) is 59.8 Å². The maximum atomic E-state index is 14.1. The Labute approximate surface area is 197 Å². The van der Waals surface area contributed by atoms with E-state index in [2.05, 4.69) is 5.32 Å². The number of hydrogen-bond acceptors (Lipinski definition) is 6. The number of ether oxygens (including phenoxy) is 1. The summed E-state index contributed by atoms with van der Waals surface area (Å²) in [5.74, 6) is -1.62. The Kier molecular flexibility index (Phi) is 6.99. The van der Waals surface area contributed by atoms with Crippen LogP contribution in [0.2, 0.25) is 0 Å². The van der Waals surface area contributed by atoms with Gasteiger partial charge in [-0.05, 0) is 38.4 Å². The Morgan fingerprint density at radius 3 is 2.50 bits per heavy atom. The maximum Gasteiger partial charge on any atom is 0.292 e. The van der Waals surface area contributed by atoms with Crippen molar-refractivity contribution in [2.45, 2.75) is 24.6 Å². The zero-order valence-corrected chi connectivity index (χ0v) is 19.3. The van der Waals surface area contributed by atoms with Gasteiger partial charge in [-0.25, -0.2) is 4.39 Å². The van der Waals surface area contributed by atoms with Crippen LogP contribution in [0.3, 0.4) is 0 Å². The van der Waals surface area contributed by atoms with Crippen LogP contribution in [0.5, 0.6) is 0 Å². The van der Waals surface area contributed by atoms with Crippen molar-refractivity contribution in [1.29, 1.82) is 0 Å². The second kappa shape index (κ2) is 9.94. The van der Waals surface area contributed by atoms with Crippen molar-refractivity contribution in [3.63, 3.8) is 0 Å². The Balaban J connectivity index is 1.52. The predicted octanol–water partition coefficient (Wildman–Crippen LogP) is 1.57. The zero-order valence-electron chi connectivity index (χ0n) is 19.3. The van der Waals surface area contributed by atoms with Gasteiger partial charge in [0.2, 0.25) is 5.91 Å². The number of nitrogens with zero attached hydrogens (tertiary/aromatic N) is 3. The van der Waals surface area contributed by atoms with Crippen LogP contribution in [-0.4, -0.2) is 91.1 Å². The molecule has 34 heavy (non-hydrogen) atoms. The van der Waals surface area contributed by atoms with Crippen molar-refractivity contribution in [2.75, 3.05) is 46.9 Å². The minimum Gasteiger partial charge on any atom is -0.459 e. The number of furan rings is 1. The monoisotopic (exact) mass is 472 g/mol. The van der Waals surface area contributed by atoms with Crippen molar-refractivity contribution in [1.82, 2.24) is 20.0 Å². The summed E-state index contributed by atoms with van der Waals surface area (Å²) in [6.07, 6.45) is 1.99. The molecular weight excluding hydrogens is 443 g/mol. The molecule has 2 saturated heterocycles. The Hall–Kier alpha value is -3.24. The van der Waals surface area contributed by atoms with E-state index in [1.807, 2.05) is 19.0 Å². The van der Waals surface area contributed by atoms with E-state index in [0.717, 1.165) is 0 Å². The third-order valence-corrected chi connectivity index (χ3v) is 6.31. The molecule has 3 heterocycles. The third kappa shape index (κ3) is 4.69. The van der Waals surface area contributed by atoms with E-state index in [-0.39, 0.29) is 36.9 Å². The van der Waals surface area contributed by atoms with E-state index in [9.17, 15) is 18.8 Å². The van der Waals surface area contributed by atoms with Crippen LogP contribution in [0, 0.1) is 5.82 Å². The van der Waals surface area contributed by atoms with E-state index < -0.39 is 29.4 Å². The van der Waals surface area contributed by atoms with E-state index >= 15 is 0 Å². The molecule has 2 aromatic rings. The summed E-state index contributed by atoms with van der Waals surface area (Å²) in [7, 11) is 3.81. The van der Waals surface area contributed by atoms with Gasteiger partial charge in [0.15, 0.2) is 5.76 Å². The molecule has 1 aromatic heterocycles. The summed E-state index contributed by atoms with van der Waals surface area (Å²) in [4.78, 5) is 44.2. The van der Waals surface area contributed by atoms with E-state index in [0.29, 0.717) is 25.9 Å². The van der Waals surface area contributed by atoms with Crippen LogP contribution in [0.4, 0.5) is 4.39 Å². The Bertz CT molecular complexity index is 1030. The van der Waals surface area contributed by atoms with Crippen molar-refractivity contribution in [2.24, 2.45) is 0 Å². The van der Waals surface area contributed by atoms with Gasteiger partial charge < -0.3 is 24.3 Å². The van der Waals surface area contributed by atoms with E-state index in [1.54, 1.807) is 23.1 Å². The van der Waals surface area contributed by atoms with Gasteiger partial charge in [-0.1, -0.05) is 12.1 Å². The van der Waals surface area contributed by atoms with Gasteiger partial charge in [0.25, 0.3) is 11.8 Å². The number of carbonyl (C=O) groups excluding carboxylic acids is 3. The number of rotatable bonds is 6. The van der Waals surface area contributed by atoms with Crippen LogP contribution in [0.1, 0.15) is 33.8 Å². The molecule has 1 aromatic carbocycles. The average Bonchev–Trinajstić information content (AvgIpc) is 3.48. The number of carbonyl (C=O) groups is 3. The smallest absolute Gasteiger partial charge is 0.292 e. The first-order valence-corrected chi connectivity index (χ1v) is 11.3. The first kappa shape index (κ1) is 23.9. The number of amides is 3. The lowest BCUT2D eigenvalue weighted by Crippen LogP contribution is -2.60. The molecule has 1 spiro atoms. The van der Waals surface area contributed by atoms with Crippen LogP contribution in [-0.2, 0) is 9.53 Å². The van der Waals surface area contributed by atoms with Crippen molar-refractivity contribution in [3.8, 4) is 0 Å². The van der Waals surface area contributed by atoms with Gasteiger partial charge in [0.1, 0.15) is 17.6 Å². The van der Waals surface area contributed by atoms with Gasteiger partial charge in [-0.15, -0.1) is 0 Å². The quantitative estimate of drug-likeness (QED) is 0.686. The lowest BCUT2D eigenvalue weighted by atomic mass is 9.96. The fourth-order valence-corrected chi connectivity index (χ4v) is 4.47. The fraction of sp³-hybridized carbons (Fsp3) is 0.458. The van der Waals surface area contributed by atoms with Gasteiger partial charge in [-0.3, -0.25) is 19.3 Å². The molecule has 2 fully saturated rings. The summed E-state index contributed by atoms with van der Waals surface area (Å²) in [6.45, 7) is 1.64. The minimum absolute atomic E-state index is 0.00690. The number of hydrogen-bond donors (Lipinski definition) is 1. The Morgan fingerprint density at radius 1 is 1.12 bits per heavy atom. The molecule has 0 bridgehead atoms. The average molecular weight is 473 g/mol. The second-order valence-corrected chi connectivity index (χ2v) is 8.79. The molecule has 2 aliphatic heterocycles. The standard InChI is InChI=1S/C24H29FN4O5/c1-27(2)14-11-26-21(30)19-16-34-24(29(19)23(32)20-8-5-15-33-20)9-12-28(13-10-24)22(31)17-6-3-4-7-18(17)25/h3-8,15,19H,9-14,16H2,1-2H3,(H,26,30)/t19-/m0/s1. The highest BCUT2D eigenvalue weighted by Crippen LogP contribution is 2.39. The van der Waals surface area contributed by atoms with Crippen molar-refractivity contribution < 1.29 is 27.9 Å². The van der Waals surface area contributed by atoms with Crippen LogP contribution < -0.4 is 5.32 Å². The fourth-order valence-electron chi connectivity index (χ4n) is 4.47.